The van der Waals surface area contributed by atoms with Crippen LogP contribution in [0, 0.1) is 5.41 Å². The Labute approximate surface area is 184 Å². The van der Waals surface area contributed by atoms with Crippen molar-refractivity contribution in [2.24, 2.45) is 0 Å². The molecule has 0 radical (unpaired) electrons. The topological polar surface area (TPSA) is 98.5 Å². The van der Waals surface area contributed by atoms with E-state index in [0.717, 1.165) is 0 Å². The van der Waals surface area contributed by atoms with Gasteiger partial charge >= 0.3 is 41.5 Å². The molecule has 0 spiro atoms. The van der Waals surface area contributed by atoms with Crippen LogP contribution in [0.1, 0.15) is 113 Å². The molecule has 5 nitrogen and oxygen atoms in total. The van der Waals surface area contributed by atoms with E-state index in [1.165, 1.54) is 84.0 Å². The summed E-state index contributed by atoms with van der Waals surface area (Å²) in [5.74, 6) is -1.90. The Balaban J connectivity index is -0.000000104. The zero-order valence-electron chi connectivity index (χ0n) is 18.9. The first-order valence-electron chi connectivity index (χ1n) is 9.83. The van der Waals surface area contributed by atoms with E-state index in [4.69, 9.17) is 15.6 Å². The van der Waals surface area contributed by atoms with Crippen molar-refractivity contribution >= 4 is 17.7 Å². The van der Waals surface area contributed by atoms with E-state index in [-0.39, 0.29) is 43.1 Å². The second-order valence-corrected chi connectivity index (χ2v) is 6.21. The van der Waals surface area contributed by atoms with Gasteiger partial charge in [-0.25, -0.2) is 4.79 Å². The second-order valence-electron chi connectivity index (χ2n) is 6.21. The van der Waals surface area contributed by atoms with Gasteiger partial charge in [0.25, 0.3) is 0 Å². The van der Waals surface area contributed by atoms with Gasteiger partial charge in [0.2, 0.25) is 0 Å². The van der Waals surface area contributed by atoms with Gasteiger partial charge in [-0.3, -0.25) is 10.2 Å². The molecule has 0 saturated heterocycles. The number of hydrogen-bond acceptors (Lipinski definition) is 3. The molecule has 0 aliphatic heterocycles. The number of aliphatic carboxylic acids is 2. The summed E-state index contributed by atoms with van der Waals surface area (Å²) in [5, 5.41) is 21.8. The molecule has 0 aliphatic rings. The van der Waals surface area contributed by atoms with E-state index in [1.54, 1.807) is 6.92 Å². The van der Waals surface area contributed by atoms with Crippen LogP contribution in [0.4, 0.5) is 0 Å². The van der Waals surface area contributed by atoms with Crippen LogP contribution in [0.25, 0.3) is 0 Å². The summed E-state index contributed by atoms with van der Waals surface area (Å²) >= 11 is 0. The van der Waals surface area contributed by atoms with Crippen LogP contribution >= 0.6 is 0 Å². The van der Waals surface area contributed by atoms with Crippen molar-refractivity contribution < 1.29 is 50.8 Å². The molecule has 0 aromatic rings. The molecular formula is C20H42NNaO4. The summed E-state index contributed by atoms with van der Waals surface area (Å²) < 4.78 is 0. The summed E-state index contributed by atoms with van der Waals surface area (Å²) in [6, 6.07) is 0. The van der Waals surface area contributed by atoms with Gasteiger partial charge in [-0.15, -0.1) is 0 Å². The van der Waals surface area contributed by atoms with Crippen LogP contribution in [-0.2, 0) is 9.59 Å². The monoisotopic (exact) mass is 383 g/mol. The van der Waals surface area contributed by atoms with E-state index in [1.807, 2.05) is 0 Å². The van der Waals surface area contributed by atoms with E-state index in [2.05, 4.69) is 13.8 Å². The molecule has 0 saturated carbocycles. The van der Waals surface area contributed by atoms with Gasteiger partial charge in [-0.1, -0.05) is 97.8 Å². The Bertz CT molecular complexity index is 305. The van der Waals surface area contributed by atoms with E-state index >= 15 is 0 Å². The first kappa shape index (κ1) is 33.2. The predicted molar refractivity (Wildman–Crippen MR) is 107 cm³/mol. The number of nitrogens with one attached hydrogen (secondary N) is 1. The summed E-state index contributed by atoms with van der Waals surface area (Å²) in [5.41, 5.74) is -0.324. The SMILES string of the molecule is CC(=N)C(=O)O.CCC(=O)O.CCCCCCCCCCCCCC.[H-].[Na+]. The third-order valence-electron chi connectivity index (χ3n) is 3.58. The summed E-state index contributed by atoms with van der Waals surface area (Å²) in [7, 11) is 0. The molecule has 0 bridgehead atoms. The molecule has 0 rings (SSSR count). The molecule has 0 aromatic heterocycles. The Hall–Kier alpha value is -0.390. The standard InChI is InChI=1S/C14H30.C3H5NO2.C3H6O2.Na.H/c1-3-5-7-9-11-13-14-12-10-8-6-4-2;1-2(4)3(5)6;1-2-3(4)5;;/h3-14H2,1-2H3;4H,1H3,(H,5,6);2H2,1H3,(H,4,5);;/q;;;+1;-1. The van der Waals surface area contributed by atoms with Crippen LogP contribution in [0.2, 0.25) is 0 Å². The number of rotatable bonds is 13. The Morgan fingerprint density at radius 3 is 1.04 bits per heavy atom. The average molecular weight is 384 g/mol. The normalized spacial score (nSPS) is 8.92. The zero-order chi connectivity index (χ0) is 19.9. The molecule has 6 heteroatoms. The van der Waals surface area contributed by atoms with Crippen LogP contribution in [0.3, 0.4) is 0 Å². The van der Waals surface area contributed by atoms with Crippen molar-refractivity contribution in [1.29, 1.82) is 5.41 Å². The summed E-state index contributed by atoms with van der Waals surface area (Å²) in [6.45, 7) is 7.39. The minimum absolute atomic E-state index is 0. The van der Waals surface area contributed by atoms with Gasteiger partial charge in [0.1, 0.15) is 5.71 Å². The first-order valence-corrected chi connectivity index (χ1v) is 9.83. The fraction of sp³-hybridized carbons (Fsp3) is 0.850. The zero-order valence-corrected chi connectivity index (χ0v) is 19.9. The van der Waals surface area contributed by atoms with E-state index in [0.29, 0.717) is 0 Å². The second kappa shape index (κ2) is 29.4. The van der Waals surface area contributed by atoms with Gasteiger partial charge < -0.3 is 11.6 Å². The predicted octanol–water partition coefficient (Wildman–Crippen LogP) is 3.42. The van der Waals surface area contributed by atoms with Crippen molar-refractivity contribution in [1.82, 2.24) is 0 Å². The molecule has 0 aliphatic carbocycles. The van der Waals surface area contributed by atoms with Crippen molar-refractivity contribution in [3.8, 4) is 0 Å². The third kappa shape index (κ3) is 43.7. The van der Waals surface area contributed by atoms with Gasteiger partial charge in [0.05, 0.1) is 0 Å². The molecule has 152 valence electrons. The molecule has 0 aromatic carbocycles. The summed E-state index contributed by atoms with van der Waals surface area (Å²) in [4.78, 5) is 18.8. The molecule has 0 unspecified atom stereocenters. The molecule has 0 heterocycles. The minimum Gasteiger partial charge on any atom is -1.00 e. The maximum absolute atomic E-state index is 9.47. The fourth-order valence-corrected chi connectivity index (χ4v) is 1.91. The van der Waals surface area contributed by atoms with Crippen molar-refractivity contribution in [3.63, 3.8) is 0 Å². The molecular weight excluding hydrogens is 341 g/mol. The summed E-state index contributed by atoms with van der Waals surface area (Å²) in [6.07, 6.45) is 17.7. The quantitative estimate of drug-likeness (QED) is 0.258. The Kier molecular flexibility index (Phi) is 37.5. The van der Waals surface area contributed by atoms with Crippen LogP contribution < -0.4 is 29.6 Å². The largest absolute Gasteiger partial charge is 1.00 e. The number of carboxylic acid groups (broad SMARTS) is 2. The van der Waals surface area contributed by atoms with Crippen molar-refractivity contribution in [2.75, 3.05) is 0 Å². The van der Waals surface area contributed by atoms with E-state index < -0.39 is 11.9 Å². The molecule has 26 heavy (non-hydrogen) atoms. The van der Waals surface area contributed by atoms with Crippen molar-refractivity contribution in [3.05, 3.63) is 0 Å². The van der Waals surface area contributed by atoms with Gasteiger partial charge in [0, 0.05) is 6.42 Å². The maximum atomic E-state index is 9.47. The van der Waals surface area contributed by atoms with Gasteiger partial charge in [-0.05, 0) is 6.92 Å². The van der Waals surface area contributed by atoms with Crippen LogP contribution in [-0.4, -0.2) is 27.9 Å². The molecule has 0 atom stereocenters. The molecule has 3 N–H and O–H groups in total. The Morgan fingerprint density at radius 1 is 0.731 bits per heavy atom. The average Bonchev–Trinajstić information content (AvgIpc) is 2.57. The maximum Gasteiger partial charge on any atom is 1.00 e. The molecule has 0 fully saturated rings. The Morgan fingerprint density at radius 2 is 0.923 bits per heavy atom. The third-order valence-corrected chi connectivity index (χ3v) is 3.58. The number of carboxylic acids is 2. The van der Waals surface area contributed by atoms with Crippen LogP contribution in [0.15, 0.2) is 0 Å². The van der Waals surface area contributed by atoms with E-state index in [9.17, 15) is 9.59 Å². The number of carbonyl (C=O) groups is 2. The number of hydrogen-bond donors (Lipinski definition) is 3. The van der Waals surface area contributed by atoms with Gasteiger partial charge in [-0.2, -0.15) is 0 Å². The van der Waals surface area contributed by atoms with Gasteiger partial charge in [0.15, 0.2) is 0 Å². The smallest absolute Gasteiger partial charge is 1.00 e. The fourth-order valence-electron chi connectivity index (χ4n) is 1.91. The first-order chi connectivity index (χ1) is 11.8. The minimum atomic E-state index is -1.16. The van der Waals surface area contributed by atoms with Crippen LogP contribution in [0.5, 0.6) is 0 Å². The van der Waals surface area contributed by atoms with Crippen molar-refractivity contribution in [2.45, 2.75) is 111 Å². The molecule has 0 amide bonds. The number of unbranched alkanes of at least 4 members (excludes halogenated alkanes) is 11.